The van der Waals surface area contributed by atoms with Crippen LogP contribution in [0.1, 0.15) is 25.0 Å². The second-order valence-electron chi connectivity index (χ2n) is 4.79. The van der Waals surface area contributed by atoms with Crippen LogP contribution in [-0.2, 0) is 20.0 Å². The SMILES string of the molecule is CCNc1ncnc(N(C)Cc2cnn(C)c2)c1CC. The largest absolute Gasteiger partial charge is 0.370 e. The van der Waals surface area contributed by atoms with Gasteiger partial charge in [-0.25, -0.2) is 9.97 Å². The fourth-order valence-corrected chi connectivity index (χ4v) is 2.28. The van der Waals surface area contributed by atoms with Crippen LogP contribution in [0, 0.1) is 0 Å². The summed E-state index contributed by atoms with van der Waals surface area (Å²) in [5.41, 5.74) is 2.32. The lowest BCUT2D eigenvalue weighted by molar-refractivity contribution is 0.766. The number of hydrogen-bond donors (Lipinski definition) is 1. The Morgan fingerprint density at radius 3 is 2.70 bits per heavy atom. The maximum absolute atomic E-state index is 4.44. The fourth-order valence-electron chi connectivity index (χ4n) is 2.28. The number of aryl methyl sites for hydroxylation is 1. The molecule has 108 valence electrons. The molecule has 0 aliphatic rings. The highest BCUT2D eigenvalue weighted by Gasteiger charge is 2.13. The first-order chi connectivity index (χ1) is 9.65. The van der Waals surface area contributed by atoms with Crippen molar-refractivity contribution in [3.05, 3.63) is 29.8 Å². The number of aromatic nitrogens is 4. The topological polar surface area (TPSA) is 58.9 Å². The van der Waals surface area contributed by atoms with Crippen LogP contribution in [0.4, 0.5) is 11.6 Å². The summed E-state index contributed by atoms with van der Waals surface area (Å²) >= 11 is 0. The number of anilines is 2. The van der Waals surface area contributed by atoms with Crippen molar-refractivity contribution in [3.8, 4) is 0 Å². The normalized spacial score (nSPS) is 10.6. The third kappa shape index (κ3) is 3.07. The Balaban J connectivity index is 2.24. The minimum absolute atomic E-state index is 0.781. The van der Waals surface area contributed by atoms with Crippen LogP contribution >= 0.6 is 0 Å². The van der Waals surface area contributed by atoms with Crippen LogP contribution in [0.5, 0.6) is 0 Å². The Hall–Kier alpha value is -2.11. The second kappa shape index (κ2) is 6.36. The predicted molar refractivity (Wildman–Crippen MR) is 80.9 cm³/mol. The zero-order chi connectivity index (χ0) is 14.5. The van der Waals surface area contributed by atoms with Gasteiger partial charge in [0.25, 0.3) is 0 Å². The molecule has 2 aromatic heterocycles. The summed E-state index contributed by atoms with van der Waals surface area (Å²) in [7, 11) is 3.97. The number of nitrogens with one attached hydrogen (secondary N) is 1. The highest BCUT2D eigenvalue weighted by Crippen LogP contribution is 2.24. The van der Waals surface area contributed by atoms with Gasteiger partial charge in [0.15, 0.2) is 0 Å². The molecule has 1 N–H and O–H groups in total. The van der Waals surface area contributed by atoms with Crippen LogP contribution < -0.4 is 10.2 Å². The molecule has 20 heavy (non-hydrogen) atoms. The molecule has 2 aromatic rings. The Bertz CT molecular complexity index is 563. The van der Waals surface area contributed by atoms with Crippen molar-refractivity contribution >= 4 is 11.6 Å². The van der Waals surface area contributed by atoms with Crippen molar-refractivity contribution in [2.45, 2.75) is 26.8 Å². The lowest BCUT2D eigenvalue weighted by Gasteiger charge is -2.21. The molecule has 0 atom stereocenters. The minimum Gasteiger partial charge on any atom is -0.370 e. The van der Waals surface area contributed by atoms with Crippen LogP contribution in [0.3, 0.4) is 0 Å². The molecule has 0 saturated carbocycles. The molecule has 2 heterocycles. The highest BCUT2D eigenvalue weighted by molar-refractivity contribution is 5.58. The molecule has 6 heteroatoms. The van der Waals surface area contributed by atoms with Gasteiger partial charge in [0.05, 0.1) is 6.20 Å². The van der Waals surface area contributed by atoms with Crippen LogP contribution in [0.2, 0.25) is 0 Å². The molecule has 2 rings (SSSR count). The molecular weight excluding hydrogens is 252 g/mol. The van der Waals surface area contributed by atoms with E-state index in [4.69, 9.17) is 0 Å². The molecule has 6 nitrogen and oxygen atoms in total. The van der Waals surface area contributed by atoms with E-state index in [-0.39, 0.29) is 0 Å². The summed E-state index contributed by atoms with van der Waals surface area (Å²) in [6.07, 6.45) is 6.42. The zero-order valence-corrected chi connectivity index (χ0v) is 12.6. The van der Waals surface area contributed by atoms with Crippen molar-refractivity contribution in [2.75, 3.05) is 23.8 Å². The van der Waals surface area contributed by atoms with E-state index in [9.17, 15) is 0 Å². The third-order valence-electron chi connectivity index (χ3n) is 3.16. The van der Waals surface area contributed by atoms with E-state index in [0.717, 1.165) is 36.7 Å². The summed E-state index contributed by atoms with van der Waals surface area (Å²) < 4.78 is 1.81. The van der Waals surface area contributed by atoms with Gasteiger partial charge in [-0.05, 0) is 13.3 Å². The van der Waals surface area contributed by atoms with Gasteiger partial charge in [-0.2, -0.15) is 5.10 Å². The van der Waals surface area contributed by atoms with E-state index in [0.29, 0.717) is 0 Å². The van der Waals surface area contributed by atoms with Gasteiger partial charge in [-0.3, -0.25) is 4.68 Å². The van der Waals surface area contributed by atoms with Gasteiger partial charge in [0.2, 0.25) is 0 Å². The van der Waals surface area contributed by atoms with E-state index >= 15 is 0 Å². The van der Waals surface area contributed by atoms with Gasteiger partial charge >= 0.3 is 0 Å². The zero-order valence-electron chi connectivity index (χ0n) is 12.6. The monoisotopic (exact) mass is 274 g/mol. The van der Waals surface area contributed by atoms with E-state index < -0.39 is 0 Å². The lowest BCUT2D eigenvalue weighted by atomic mass is 10.2. The van der Waals surface area contributed by atoms with Gasteiger partial charge in [-0.15, -0.1) is 0 Å². The van der Waals surface area contributed by atoms with Gasteiger partial charge in [-0.1, -0.05) is 6.92 Å². The molecule has 0 aromatic carbocycles. The van der Waals surface area contributed by atoms with Crippen molar-refractivity contribution in [1.29, 1.82) is 0 Å². The van der Waals surface area contributed by atoms with Crippen molar-refractivity contribution in [1.82, 2.24) is 19.7 Å². The molecule has 0 aliphatic carbocycles. The van der Waals surface area contributed by atoms with Gasteiger partial charge in [0, 0.05) is 44.5 Å². The maximum Gasteiger partial charge on any atom is 0.137 e. The van der Waals surface area contributed by atoms with Crippen molar-refractivity contribution in [3.63, 3.8) is 0 Å². The Morgan fingerprint density at radius 2 is 2.10 bits per heavy atom. The first kappa shape index (κ1) is 14.3. The number of nitrogens with zero attached hydrogens (tertiary/aromatic N) is 5. The van der Waals surface area contributed by atoms with E-state index in [2.05, 4.69) is 39.1 Å². The lowest BCUT2D eigenvalue weighted by Crippen LogP contribution is -2.20. The minimum atomic E-state index is 0.781. The molecular formula is C14H22N6. The molecule has 0 fully saturated rings. The third-order valence-corrected chi connectivity index (χ3v) is 3.16. The Labute approximate surface area is 119 Å². The first-order valence-corrected chi connectivity index (χ1v) is 6.92. The quantitative estimate of drug-likeness (QED) is 0.871. The first-order valence-electron chi connectivity index (χ1n) is 6.92. The van der Waals surface area contributed by atoms with Crippen molar-refractivity contribution < 1.29 is 0 Å². The highest BCUT2D eigenvalue weighted by atomic mass is 15.2. The Kier molecular flexibility index (Phi) is 4.55. The second-order valence-corrected chi connectivity index (χ2v) is 4.79. The van der Waals surface area contributed by atoms with Crippen molar-refractivity contribution in [2.24, 2.45) is 7.05 Å². The summed E-state index contributed by atoms with van der Waals surface area (Å²) in [5, 5.41) is 7.49. The van der Waals surface area contributed by atoms with Gasteiger partial charge < -0.3 is 10.2 Å². The van der Waals surface area contributed by atoms with E-state index in [1.807, 2.05) is 31.2 Å². The molecule has 0 unspecified atom stereocenters. The Morgan fingerprint density at radius 1 is 1.30 bits per heavy atom. The average Bonchev–Trinajstić information content (AvgIpc) is 2.84. The molecule has 0 amide bonds. The predicted octanol–water partition coefficient (Wildman–Crippen LogP) is 1.84. The van der Waals surface area contributed by atoms with E-state index in [1.54, 1.807) is 6.33 Å². The number of rotatable bonds is 6. The van der Waals surface area contributed by atoms with Crippen LogP contribution in [0.25, 0.3) is 0 Å². The molecule has 0 spiro atoms. The summed E-state index contributed by atoms with van der Waals surface area (Å²) in [6.45, 7) is 5.83. The molecule has 0 aliphatic heterocycles. The smallest absolute Gasteiger partial charge is 0.137 e. The molecule has 0 saturated heterocycles. The summed E-state index contributed by atoms with van der Waals surface area (Å²) in [6, 6.07) is 0. The van der Waals surface area contributed by atoms with Crippen LogP contribution in [0.15, 0.2) is 18.7 Å². The van der Waals surface area contributed by atoms with E-state index in [1.165, 1.54) is 5.56 Å². The average molecular weight is 274 g/mol. The fraction of sp³-hybridized carbons (Fsp3) is 0.500. The number of hydrogen-bond acceptors (Lipinski definition) is 5. The summed E-state index contributed by atoms with van der Waals surface area (Å²) in [4.78, 5) is 10.9. The molecule has 0 radical (unpaired) electrons. The van der Waals surface area contributed by atoms with Gasteiger partial charge in [0.1, 0.15) is 18.0 Å². The maximum atomic E-state index is 4.44. The molecule has 0 bridgehead atoms. The standard InChI is InChI=1S/C14H22N6/c1-5-12-13(15-6-2)16-10-17-14(12)19(3)8-11-7-18-20(4)9-11/h7,9-10H,5-6,8H2,1-4H3,(H,15,16,17). The summed E-state index contributed by atoms with van der Waals surface area (Å²) in [5.74, 6) is 1.90. The van der Waals surface area contributed by atoms with Crippen LogP contribution in [-0.4, -0.2) is 33.3 Å².